The fourth-order valence-electron chi connectivity index (χ4n) is 3.42. The summed E-state index contributed by atoms with van der Waals surface area (Å²) in [4.78, 5) is 36.4. The van der Waals surface area contributed by atoms with E-state index in [1.54, 1.807) is 49.5 Å². The first kappa shape index (κ1) is 27.3. The van der Waals surface area contributed by atoms with E-state index in [4.69, 9.17) is 37.4 Å². The van der Waals surface area contributed by atoms with Crippen molar-refractivity contribution in [2.24, 2.45) is 0 Å². The lowest BCUT2D eigenvalue weighted by molar-refractivity contribution is 0.0278. The molecule has 2 heterocycles. The lowest BCUT2D eigenvalue weighted by Crippen LogP contribution is -2.39. The molecule has 1 aromatic heterocycles. The van der Waals surface area contributed by atoms with Gasteiger partial charge in [0.25, 0.3) is 5.91 Å². The summed E-state index contributed by atoms with van der Waals surface area (Å²) in [5, 5.41) is 3.74. The van der Waals surface area contributed by atoms with Gasteiger partial charge in [-0.05, 0) is 57.2 Å². The Morgan fingerprint density at radius 1 is 1.16 bits per heavy atom. The normalized spacial score (nSPS) is 12.9. The van der Waals surface area contributed by atoms with Crippen molar-refractivity contribution in [2.75, 3.05) is 37.1 Å². The highest BCUT2D eigenvalue weighted by Gasteiger charge is 2.31. The van der Waals surface area contributed by atoms with Crippen LogP contribution in [-0.4, -0.2) is 59.4 Å². The fourth-order valence-corrected chi connectivity index (χ4v) is 4.02. The molecule has 0 saturated heterocycles. The van der Waals surface area contributed by atoms with Gasteiger partial charge in [0.1, 0.15) is 23.5 Å². The topological polar surface area (TPSA) is 106 Å². The average molecular weight is 560 g/mol. The van der Waals surface area contributed by atoms with Gasteiger partial charge in [-0.25, -0.2) is 9.78 Å². The summed E-state index contributed by atoms with van der Waals surface area (Å²) in [6, 6.07) is 12.1. The van der Waals surface area contributed by atoms with Crippen molar-refractivity contribution < 1.29 is 23.8 Å². The molecule has 0 bridgehead atoms. The number of hydrogen-bond donors (Lipinski definition) is 1. The average Bonchev–Trinajstić information content (AvgIpc) is 2.85. The van der Waals surface area contributed by atoms with Crippen LogP contribution in [0.15, 0.2) is 48.7 Å². The van der Waals surface area contributed by atoms with Crippen molar-refractivity contribution in [3.8, 4) is 11.6 Å². The highest BCUT2D eigenvalue weighted by Crippen LogP contribution is 2.37. The molecule has 0 spiro atoms. The van der Waals surface area contributed by atoms with Crippen LogP contribution >= 0.6 is 23.2 Å². The summed E-state index contributed by atoms with van der Waals surface area (Å²) in [6.45, 7) is 6.03. The third-order valence-electron chi connectivity index (χ3n) is 5.28. The third kappa shape index (κ3) is 6.56. The van der Waals surface area contributed by atoms with Crippen LogP contribution in [0.1, 0.15) is 31.1 Å². The summed E-state index contributed by atoms with van der Waals surface area (Å²) in [7, 11) is 1.66. The molecule has 0 unspecified atom stereocenters. The van der Waals surface area contributed by atoms with Gasteiger partial charge in [-0.15, -0.1) is 0 Å². The number of carbonyl (C=O) groups is 2. The third-order valence-corrected chi connectivity index (χ3v) is 5.89. The van der Waals surface area contributed by atoms with E-state index in [9.17, 15) is 9.59 Å². The number of benzene rings is 2. The van der Waals surface area contributed by atoms with E-state index in [0.717, 1.165) is 0 Å². The summed E-state index contributed by atoms with van der Waals surface area (Å²) in [5.74, 6) is 0.674. The molecule has 1 aliphatic rings. The van der Waals surface area contributed by atoms with Crippen molar-refractivity contribution in [2.45, 2.75) is 26.4 Å². The predicted molar refractivity (Wildman–Crippen MR) is 145 cm³/mol. The number of hydrogen-bond acceptors (Lipinski definition) is 8. The Labute approximate surface area is 230 Å². The first-order valence-electron chi connectivity index (χ1n) is 11.7. The van der Waals surface area contributed by atoms with E-state index in [0.29, 0.717) is 40.3 Å². The lowest BCUT2D eigenvalue weighted by atomic mass is 10.2. The second-order valence-electron chi connectivity index (χ2n) is 9.39. The van der Waals surface area contributed by atoms with Gasteiger partial charge in [0.2, 0.25) is 11.8 Å². The maximum Gasteiger partial charge on any atom is 0.410 e. The van der Waals surface area contributed by atoms with E-state index in [1.807, 2.05) is 20.8 Å². The van der Waals surface area contributed by atoms with Gasteiger partial charge in [0, 0.05) is 18.9 Å². The number of amides is 2. The summed E-state index contributed by atoms with van der Waals surface area (Å²) in [5.41, 5.74) is 0.712. The van der Waals surface area contributed by atoms with E-state index >= 15 is 0 Å². The second-order valence-corrected chi connectivity index (χ2v) is 10.2. The molecule has 0 saturated carbocycles. The monoisotopic (exact) mass is 559 g/mol. The van der Waals surface area contributed by atoms with Crippen LogP contribution in [0.2, 0.25) is 10.0 Å². The van der Waals surface area contributed by atoms with E-state index < -0.39 is 11.7 Å². The Kier molecular flexibility index (Phi) is 8.13. The standard InChI is InChI=1S/C26H27Cl2N5O5/c1-26(2,3)38-25(35)32(4)12-13-36-17-10-8-16(9-11-17)30-24-29-14-18-22(31-24)37-15-33(23(18)34)21-19(27)6-5-7-20(21)28/h5-11,14H,12-13,15H2,1-4H3,(H,29,30,31). The molecule has 0 radical (unpaired) electrons. The predicted octanol–water partition coefficient (Wildman–Crippen LogP) is 5.77. The van der Waals surface area contributed by atoms with Crippen LogP contribution in [0.3, 0.4) is 0 Å². The molecular formula is C26H27Cl2N5O5. The Hall–Kier alpha value is -3.76. The smallest absolute Gasteiger partial charge is 0.410 e. The molecule has 3 aromatic rings. The number of rotatable bonds is 7. The first-order chi connectivity index (χ1) is 18.0. The van der Waals surface area contributed by atoms with Gasteiger partial charge in [0.05, 0.1) is 22.3 Å². The second kappa shape index (κ2) is 11.3. The highest BCUT2D eigenvalue weighted by atomic mass is 35.5. The maximum atomic E-state index is 13.0. The number of likely N-dealkylation sites (N-methyl/N-ethyl adjacent to an activating group) is 1. The molecule has 2 amide bonds. The van der Waals surface area contributed by atoms with Crippen LogP contribution in [-0.2, 0) is 4.74 Å². The largest absolute Gasteiger partial charge is 0.492 e. The molecule has 4 rings (SSSR count). The molecule has 1 N–H and O–H groups in total. The van der Waals surface area contributed by atoms with Crippen molar-refractivity contribution in [3.05, 3.63) is 64.3 Å². The van der Waals surface area contributed by atoms with E-state index in [1.165, 1.54) is 16.0 Å². The minimum absolute atomic E-state index is 0.0963. The molecule has 12 heteroatoms. The minimum Gasteiger partial charge on any atom is -0.492 e. The Bertz CT molecular complexity index is 1310. The molecule has 2 aromatic carbocycles. The van der Waals surface area contributed by atoms with Crippen molar-refractivity contribution in [3.63, 3.8) is 0 Å². The van der Waals surface area contributed by atoms with Crippen molar-refractivity contribution in [1.82, 2.24) is 14.9 Å². The van der Waals surface area contributed by atoms with Crippen molar-refractivity contribution in [1.29, 1.82) is 0 Å². The molecule has 38 heavy (non-hydrogen) atoms. The summed E-state index contributed by atoms with van der Waals surface area (Å²) in [6.07, 6.45) is 0.986. The maximum absolute atomic E-state index is 13.0. The highest BCUT2D eigenvalue weighted by molar-refractivity contribution is 6.40. The van der Waals surface area contributed by atoms with Gasteiger partial charge < -0.3 is 24.4 Å². The number of nitrogens with one attached hydrogen (secondary N) is 1. The van der Waals surface area contributed by atoms with Crippen molar-refractivity contribution >= 4 is 52.5 Å². The molecular weight excluding hydrogens is 533 g/mol. The van der Waals surface area contributed by atoms with E-state index in [2.05, 4.69) is 15.3 Å². The van der Waals surface area contributed by atoms with Gasteiger partial charge in [0.15, 0.2) is 6.73 Å². The Morgan fingerprint density at radius 3 is 2.50 bits per heavy atom. The van der Waals surface area contributed by atoms with Gasteiger partial charge in [-0.3, -0.25) is 9.69 Å². The quantitative estimate of drug-likeness (QED) is 0.388. The fraction of sp³-hybridized carbons (Fsp3) is 0.308. The first-order valence-corrected chi connectivity index (χ1v) is 12.5. The zero-order valence-corrected chi connectivity index (χ0v) is 22.8. The number of anilines is 3. The minimum atomic E-state index is -0.552. The molecule has 10 nitrogen and oxygen atoms in total. The number of halogens is 2. The number of ether oxygens (including phenoxy) is 3. The van der Waals surface area contributed by atoms with Gasteiger partial charge in [-0.2, -0.15) is 4.98 Å². The molecule has 0 aliphatic carbocycles. The van der Waals surface area contributed by atoms with Crippen LogP contribution in [0.5, 0.6) is 11.6 Å². The summed E-state index contributed by atoms with van der Waals surface area (Å²) < 4.78 is 16.8. The number of fused-ring (bicyclic) bond motifs is 1. The van der Waals surface area contributed by atoms with E-state index in [-0.39, 0.29) is 30.0 Å². The zero-order valence-electron chi connectivity index (χ0n) is 21.3. The van der Waals surface area contributed by atoms with Crippen LogP contribution in [0.4, 0.5) is 22.1 Å². The Morgan fingerprint density at radius 2 is 1.84 bits per heavy atom. The van der Waals surface area contributed by atoms with Crippen LogP contribution in [0.25, 0.3) is 0 Å². The molecule has 0 fully saturated rings. The molecule has 1 aliphatic heterocycles. The lowest BCUT2D eigenvalue weighted by Gasteiger charge is -2.29. The van der Waals surface area contributed by atoms with Gasteiger partial charge >= 0.3 is 6.09 Å². The molecule has 200 valence electrons. The number of carbonyl (C=O) groups excluding carboxylic acids is 2. The number of para-hydroxylation sites is 1. The zero-order chi connectivity index (χ0) is 27.4. The van der Waals surface area contributed by atoms with Gasteiger partial charge in [-0.1, -0.05) is 29.3 Å². The number of aromatic nitrogens is 2. The van der Waals surface area contributed by atoms with Crippen LogP contribution in [0, 0.1) is 0 Å². The number of nitrogens with zero attached hydrogens (tertiary/aromatic N) is 4. The summed E-state index contributed by atoms with van der Waals surface area (Å²) >= 11 is 12.5. The van der Waals surface area contributed by atoms with Crippen LogP contribution < -0.4 is 19.7 Å². The molecule has 0 atom stereocenters. The SMILES string of the molecule is CN(CCOc1ccc(Nc2ncc3c(n2)OCN(c2c(Cl)cccc2Cl)C3=O)cc1)C(=O)OC(C)(C)C. The Balaban J connectivity index is 1.34.